The molecule has 158 valence electrons. The minimum absolute atomic E-state index is 0.0236. The summed E-state index contributed by atoms with van der Waals surface area (Å²) >= 11 is 0. The normalized spacial score (nSPS) is 42.8. The van der Waals surface area contributed by atoms with Crippen molar-refractivity contribution in [2.45, 2.75) is 88.3 Å². The second kappa shape index (κ2) is 7.58. The zero-order valence-corrected chi connectivity index (χ0v) is 17.4. The van der Waals surface area contributed by atoms with Gasteiger partial charge in [-0.1, -0.05) is 0 Å². The Labute approximate surface area is 173 Å². The van der Waals surface area contributed by atoms with E-state index in [9.17, 15) is 9.59 Å². The van der Waals surface area contributed by atoms with E-state index in [1.807, 2.05) is 0 Å². The second-order valence-electron chi connectivity index (χ2n) is 10.6. The minimum Gasteiger partial charge on any atom is -0.350 e. The largest absolute Gasteiger partial charge is 0.350 e. The Bertz CT molecular complexity index is 679. The van der Waals surface area contributed by atoms with Crippen molar-refractivity contribution in [3.8, 4) is 6.07 Å². The third-order valence-corrected chi connectivity index (χ3v) is 8.49. The molecule has 0 aromatic rings. The molecule has 0 aromatic carbocycles. The van der Waals surface area contributed by atoms with E-state index < -0.39 is 0 Å². The molecule has 6 nitrogen and oxygen atoms in total. The third-order valence-electron chi connectivity index (χ3n) is 8.49. The maximum absolute atomic E-state index is 13.1. The van der Waals surface area contributed by atoms with Gasteiger partial charge < -0.3 is 15.5 Å². The fraction of sp³-hybridized carbons (Fsp3) is 0.870. The first-order chi connectivity index (χ1) is 14.0. The van der Waals surface area contributed by atoms with Crippen molar-refractivity contribution in [3.05, 3.63) is 0 Å². The molecule has 3 atom stereocenters. The van der Waals surface area contributed by atoms with E-state index in [0.29, 0.717) is 6.54 Å². The van der Waals surface area contributed by atoms with E-state index >= 15 is 0 Å². The monoisotopic (exact) mass is 398 g/mol. The smallest absolute Gasteiger partial charge is 0.237 e. The maximum Gasteiger partial charge on any atom is 0.237 e. The van der Waals surface area contributed by atoms with Crippen molar-refractivity contribution in [1.82, 2.24) is 15.5 Å². The van der Waals surface area contributed by atoms with Crippen molar-refractivity contribution in [3.63, 3.8) is 0 Å². The Balaban J connectivity index is 1.10. The summed E-state index contributed by atoms with van der Waals surface area (Å²) in [4.78, 5) is 27.2. The molecule has 0 radical (unpaired) electrons. The zero-order valence-electron chi connectivity index (χ0n) is 17.4. The van der Waals surface area contributed by atoms with Crippen LogP contribution in [0.25, 0.3) is 0 Å². The Morgan fingerprint density at radius 1 is 1.00 bits per heavy atom. The average molecular weight is 399 g/mol. The predicted octanol–water partition coefficient (Wildman–Crippen LogP) is 2.34. The molecule has 4 bridgehead atoms. The molecule has 0 spiro atoms. The van der Waals surface area contributed by atoms with Crippen molar-refractivity contribution in [2.24, 2.45) is 23.7 Å². The van der Waals surface area contributed by atoms with Gasteiger partial charge in [0, 0.05) is 24.0 Å². The first-order valence-corrected chi connectivity index (χ1v) is 11.8. The number of hydrogen-bond acceptors (Lipinski definition) is 4. The maximum atomic E-state index is 13.1. The quantitative estimate of drug-likeness (QED) is 0.744. The first-order valence-electron chi connectivity index (χ1n) is 11.8. The minimum atomic E-state index is -0.258. The summed E-state index contributed by atoms with van der Waals surface area (Å²) in [5.41, 5.74) is 0.0926. The molecule has 0 unspecified atom stereocenters. The number of likely N-dealkylation sites (tertiary alicyclic amines) is 1. The van der Waals surface area contributed by atoms with E-state index in [1.54, 1.807) is 4.90 Å². The summed E-state index contributed by atoms with van der Waals surface area (Å²) in [6.45, 7) is 0.978. The predicted molar refractivity (Wildman–Crippen MR) is 109 cm³/mol. The van der Waals surface area contributed by atoms with Crippen molar-refractivity contribution >= 4 is 11.8 Å². The molecular weight excluding hydrogens is 364 g/mol. The number of amides is 2. The van der Waals surface area contributed by atoms with Crippen LogP contribution in [-0.2, 0) is 9.59 Å². The van der Waals surface area contributed by atoms with Gasteiger partial charge in [-0.3, -0.25) is 9.59 Å². The van der Waals surface area contributed by atoms with Gasteiger partial charge in [0.2, 0.25) is 11.8 Å². The van der Waals surface area contributed by atoms with Gasteiger partial charge in [0.25, 0.3) is 0 Å². The number of carbonyl (C=O) groups is 2. The first kappa shape index (κ1) is 19.4. The molecule has 2 N–H and O–H groups in total. The highest BCUT2D eigenvalue weighted by molar-refractivity contribution is 5.80. The van der Waals surface area contributed by atoms with E-state index in [-0.39, 0.29) is 41.9 Å². The van der Waals surface area contributed by atoms with Gasteiger partial charge in [-0.15, -0.1) is 0 Å². The SMILES string of the molecule is N#C[C@@H]1CCCN1C(=O)CN[C@H]1CC[C@@H](C(=O)NC23CC4CC(CC(C4)C2)C3)C1. The van der Waals surface area contributed by atoms with Crippen LogP contribution in [0.4, 0.5) is 0 Å². The Morgan fingerprint density at radius 3 is 2.34 bits per heavy atom. The highest BCUT2D eigenvalue weighted by Gasteiger charge is 2.52. The Morgan fingerprint density at radius 2 is 1.69 bits per heavy atom. The number of nitrogens with zero attached hydrogens (tertiary/aromatic N) is 2. The van der Waals surface area contributed by atoms with Gasteiger partial charge >= 0.3 is 0 Å². The second-order valence-corrected chi connectivity index (χ2v) is 10.6. The van der Waals surface area contributed by atoms with Crippen molar-refractivity contribution in [2.75, 3.05) is 13.1 Å². The van der Waals surface area contributed by atoms with E-state index in [1.165, 1.54) is 38.5 Å². The van der Waals surface area contributed by atoms with Crippen molar-refractivity contribution < 1.29 is 9.59 Å². The van der Waals surface area contributed by atoms with Crippen LogP contribution in [0.3, 0.4) is 0 Å². The van der Waals surface area contributed by atoms with Gasteiger partial charge in [0.1, 0.15) is 6.04 Å². The number of rotatable bonds is 5. The number of carbonyl (C=O) groups excluding carboxylic acids is 2. The van der Waals surface area contributed by atoms with Crippen LogP contribution in [-0.4, -0.2) is 47.4 Å². The molecule has 1 aliphatic heterocycles. The Hall–Kier alpha value is -1.61. The average Bonchev–Trinajstić information content (AvgIpc) is 3.34. The molecule has 29 heavy (non-hydrogen) atoms. The molecule has 6 aliphatic rings. The van der Waals surface area contributed by atoms with Gasteiger partial charge in [0.15, 0.2) is 0 Å². The Kier molecular flexibility index (Phi) is 5.06. The molecule has 6 heteroatoms. The lowest BCUT2D eigenvalue weighted by Crippen LogP contribution is -2.60. The summed E-state index contributed by atoms with van der Waals surface area (Å²) in [6, 6.07) is 2.20. The highest BCUT2D eigenvalue weighted by Crippen LogP contribution is 2.55. The van der Waals surface area contributed by atoms with Crippen LogP contribution in [0.15, 0.2) is 0 Å². The zero-order chi connectivity index (χ0) is 20.0. The van der Waals surface area contributed by atoms with E-state index in [0.717, 1.165) is 49.9 Å². The summed E-state index contributed by atoms with van der Waals surface area (Å²) in [5.74, 6) is 2.88. The molecule has 5 saturated carbocycles. The summed E-state index contributed by atoms with van der Waals surface area (Å²) < 4.78 is 0. The van der Waals surface area contributed by atoms with Gasteiger partial charge in [-0.05, 0) is 88.4 Å². The molecular formula is C23H34N4O2. The van der Waals surface area contributed by atoms with Crippen LogP contribution in [0, 0.1) is 35.0 Å². The van der Waals surface area contributed by atoms with Gasteiger partial charge in [-0.2, -0.15) is 5.26 Å². The fourth-order valence-corrected chi connectivity index (χ4v) is 7.56. The standard InChI is InChI=1S/C23H34N4O2/c24-13-20-2-1-5-27(20)21(28)14-25-19-4-3-18(9-19)22(29)26-23-10-15-6-16(11-23)8-17(7-15)12-23/h15-20,25H,1-12,14H2,(H,26,29)/t15?,16?,17?,18-,19+,20+,23?/m1/s1. The number of nitriles is 1. The van der Waals surface area contributed by atoms with E-state index in [4.69, 9.17) is 5.26 Å². The summed E-state index contributed by atoms with van der Waals surface area (Å²) in [5, 5.41) is 16.1. The van der Waals surface area contributed by atoms with Crippen LogP contribution in [0.5, 0.6) is 0 Å². The van der Waals surface area contributed by atoms with Crippen LogP contribution in [0.2, 0.25) is 0 Å². The number of hydrogen-bond donors (Lipinski definition) is 2. The molecule has 6 fully saturated rings. The van der Waals surface area contributed by atoms with Crippen LogP contribution in [0.1, 0.15) is 70.6 Å². The van der Waals surface area contributed by atoms with E-state index in [2.05, 4.69) is 16.7 Å². The summed E-state index contributed by atoms with van der Waals surface area (Å²) in [7, 11) is 0. The molecule has 6 rings (SSSR count). The highest BCUT2D eigenvalue weighted by atomic mass is 16.2. The lowest BCUT2D eigenvalue weighted by Gasteiger charge is -2.57. The lowest BCUT2D eigenvalue weighted by atomic mass is 9.53. The topological polar surface area (TPSA) is 85.2 Å². The number of nitrogens with one attached hydrogen (secondary N) is 2. The summed E-state index contributed by atoms with van der Waals surface area (Å²) in [6.07, 6.45) is 12.2. The van der Waals surface area contributed by atoms with Crippen LogP contribution >= 0.6 is 0 Å². The van der Waals surface area contributed by atoms with Crippen molar-refractivity contribution in [1.29, 1.82) is 5.26 Å². The third kappa shape index (κ3) is 3.79. The molecule has 0 aromatic heterocycles. The van der Waals surface area contributed by atoms with Gasteiger partial charge in [-0.25, -0.2) is 0 Å². The molecule has 2 amide bonds. The lowest BCUT2D eigenvalue weighted by molar-refractivity contribution is -0.131. The van der Waals surface area contributed by atoms with Gasteiger partial charge in [0.05, 0.1) is 12.6 Å². The fourth-order valence-electron chi connectivity index (χ4n) is 7.56. The molecule has 5 aliphatic carbocycles. The van der Waals surface area contributed by atoms with Crippen LogP contribution < -0.4 is 10.6 Å². The molecule has 1 heterocycles. The molecule has 1 saturated heterocycles.